The molecule has 2 aromatic heterocycles. The normalized spacial score (nSPS) is 15.1. The van der Waals surface area contributed by atoms with E-state index in [1.54, 1.807) is 18.2 Å². The second-order valence-corrected chi connectivity index (χ2v) is 7.76. The Balaban J connectivity index is 1.43. The van der Waals surface area contributed by atoms with Crippen LogP contribution in [-0.4, -0.2) is 29.3 Å². The van der Waals surface area contributed by atoms with Gasteiger partial charge in [0.05, 0.1) is 10.9 Å². The molecule has 0 unspecified atom stereocenters. The molecule has 1 N–H and O–H groups in total. The molecule has 1 saturated carbocycles. The maximum Gasteiger partial charge on any atom is 0.259 e. The van der Waals surface area contributed by atoms with Crippen molar-refractivity contribution in [3.8, 4) is 22.8 Å². The molecule has 1 fully saturated rings. The summed E-state index contributed by atoms with van der Waals surface area (Å²) in [6, 6.07) is 16.9. The van der Waals surface area contributed by atoms with E-state index < -0.39 is 0 Å². The SMILES string of the molecule is O=C(Nc1ccc2c(c1)OCCO2)c1cc(C2CC2)nc2onc(-c3ccccc3)c12. The molecule has 7 nitrogen and oxygen atoms in total. The van der Waals surface area contributed by atoms with Gasteiger partial charge in [-0.2, -0.15) is 0 Å². The highest BCUT2D eigenvalue weighted by Gasteiger charge is 2.29. The average Bonchev–Trinajstić information content (AvgIpc) is 3.58. The number of carbonyl (C=O) groups excluding carboxylic acids is 1. The predicted molar refractivity (Wildman–Crippen MR) is 115 cm³/mol. The van der Waals surface area contributed by atoms with Crippen molar-refractivity contribution in [1.29, 1.82) is 0 Å². The molecular formula is C24H19N3O4. The van der Waals surface area contributed by atoms with Crippen molar-refractivity contribution < 1.29 is 18.8 Å². The topological polar surface area (TPSA) is 86.5 Å². The van der Waals surface area contributed by atoms with E-state index in [0.29, 0.717) is 58.7 Å². The number of ether oxygens (including phenoxy) is 2. The van der Waals surface area contributed by atoms with Crippen LogP contribution in [0.5, 0.6) is 11.5 Å². The first-order chi connectivity index (χ1) is 15.3. The van der Waals surface area contributed by atoms with Gasteiger partial charge < -0.3 is 19.3 Å². The smallest absolute Gasteiger partial charge is 0.259 e. The van der Waals surface area contributed by atoms with Crippen LogP contribution in [0.1, 0.15) is 34.8 Å². The lowest BCUT2D eigenvalue weighted by Gasteiger charge is -2.19. The summed E-state index contributed by atoms with van der Waals surface area (Å²) in [4.78, 5) is 18.0. The maximum atomic E-state index is 13.4. The zero-order chi connectivity index (χ0) is 20.8. The fourth-order valence-electron chi connectivity index (χ4n) is 3.85. The number of fused-ring (bicyclic) bond motifs is 2. The van der Waals surface area contributed by atoms with Crippen molar-refractivity contribution in [3.63, 3.8) is 0 Å². The number of rotatable bonds is 4. The fraction of sp³-hybridized carbons (Fsp3) is 0.208. The summed E-state index contributed by atoms with van der Waals surface area (Å²) in [6.07, 6.45) is 2.14. The van der Waals surface area contributed by atoms with Crippen LogP contribution in [0.4, 0.5) is 5.69 Å². The van der Waals surface area contributed by atoms with Gasteiger partial charge in [0.2, 0.25) is 0 Å². The van der Waals surface area contributed by atoms with Crippen LogP contribution in [0.15, 0.2) is 59.1 Å². The molecule has 0 bridgehead atoms. The summed E-state index contributed by atoms with van der Waals surface area (Å²) >= 11 is 0. The van der Waals surface area contributed by atoms with Gasteiger partial charge in [0, 0.05) is 28.9 Å². The van der Waals surface area contributed by atoms with Crippen LogP contribution in [0.25, 0.3) is 22.4 Å². The Labute approximate surface area is 178 Å². The number of carbonyl (C=O) groups is 1. The molecule has 3 heterocycles. The summed E-state index contributed by atoms with van der Waals surface area (Å²) in [5, 5.41) is 7.84. The molecule has 1 amide bonds. The lowest BCUT2D eigenvalue weighted by atomic mass is 10.0. The van der Waals surface area contributed by atoms with Gasteiger partial charge >= 0.3 is 0 Å². The molecule has 0 saturated heterocycles. The van der Waals surface area contributed by atoms with E-state index in [9.17, 15) is 4.79 Å². The monoisotopic (exact) mass is 413 g/mol. The first kappa shape index (κ1) is 17.9. The van der Waals surface area contributed by atoms with Crippen molar-refractivity contribution in [1.82, 2.24) is 10.1 Å². The number of pyridine rings is 1. The first-order valence-electron chi connectivity index (χ1n) is 10.3. The lowest BCUT2D eigenvalue weighted by molar-refractivity contribution is 0.102. The molecule has 1 aliphatic carbocycles. The van der Waals surface area contributed by atoms with Crippen molar-refractivity contribution in [2.24, 2.45) is 0 Å². The summed E-state index contributed by atoms with van der Waals surface area (Å²) in [7, 11) is 0. The maximum absolute atomic E-state index is 13.4. The van der Waals surface area contributed by atoms with E-state index >= 15 is 0 Å². The number of hydrogen-bond acceptors (Lipinski definition) is 6. The van der Waals surface area contributed by atoms with Gasteiger partial charge in [-0.05, 0) is 31.0 Å². The molecule has 0 radical (unpaired) electrons. The van der Waals surface area contributed by atoms with Crippen LogP contribution < -0.4 is 14.8 Å². The molecule has 1 aliphatic heterocycles. The van der Waals surface area contributed by atoms with Crippen molar-refractivity contribution in [2.45, 2.75) is 18.8 Å². The fourth-order valence-corrected chi connectivity index (χ4v) is 3.85. The molecule has 7 heteroatoms. The minimum Gasteiger partial charge on any atom is -0.486 e. The van der Waals surface area contributed by atoms with E-state index in [1.807, 2.05) is 36.4 Å². The third-order valence-electron chi connectivity index (χ3n) is 5.55. The molecule has 4 aromatic rings. The zero-order valence-electron chi connectivity index (χ0n) is 16.6. The largest absolute Gasteiger partial charge is 0.486 e. The molecule has 2 aliphatic rings. The highest BCUT2D eigenvalue weighted by molar-refractivity contribution is 6.14. The minimum atomic E-state index is -0.244. The second kappa shape index (κ2) is 7.12. The van der Waals surface area contributed by atoms with Crippen molar-refractivity contribution in [2.75, 3.05) is 18.5 Å². The van der Waals surface area contributed by atoms with Gasteiger partial charge in [0.1, 0.15) is 18.9 Å². The van der Waals surface area contributed by atoms with Gasteiger partial charge in [-0.3, -0.25) is 4.79 Å². The Morgan fingerprint density at radius 2 is 1.77 bits per heavy atom. The van der Waals surface area contributed by atoms with Gasteiger partial charge in [-0.15, -0.1) is 0 Å². The van der Waals surface area contributed by atoms with Crippen LogP contribution in [0, 0.1) is 0 Å². The molecule has 2 aromatic carbocycles. The van der Waals surface area contributed by atoms with Crippen LogP contribution in [0.3, 0.4) is 0 Å². The lowest BCUT2D eigenvalue weighted by Crippen LogP contribution is -2.17. The van der Waals surface area contributed by atoms with E-state index in [2.05, 4.69) is 15.5 Å². The molecular weight excluding hydrogens is 394 g/mol. The third kappa shape index (κ3) is 3.28. The molecule has 0 atom stereocenters. The van der Waals surface area contributed by atoms with Crippen molar-refractivity contribution in [3.05, 3.63) is 65.9 Å². The van der Waals surface area contributed by atoms with Crippen LogP contribution in [0.2, 0.25) is 0 Å². The number of hydrogen-bond donors (Lipinski definition) is 1. The molecule has 6 rings (SSSR count). The van der Waals surface area contributed by atoms with Crippen LogP contribution in [-0.2, 0) is 0 Å². The third-order valence-corrected chi connectivity index (χ3v) is 5.55. The second-order valence-electron chi connectivity index (χ2n) is 7.76. The zero-order valence-corrected chi connectivity index (χ0v) is 16.6. The van der Waals surface area contributed by atoms with Crippen molar-refractivity contribution >= 4 is 22.7 Å². The number of benzene rings is 2. The van der Waals surface area contributed by atoms with E-state index in [1.165, 1.54) is 0 Å². The van der Waals surface area contributed by atoms with Crippen LogP contribution >= 0.6 is 0 Å². The summed E-state index contributed by atoms with van der Waals surface area (Å²) in [5.41, 5.74) is 3.87. The molecule has 31 heavy (non-hydrogen) atoms. The van der Waals surface area contributed by atoms with E-state index in [0.717, 1.165) is 24.1 Å². The standard InChI is InChI=1S/C24H19N3O4/c28-23(25-16-8-9-19-20(12-16)30-11-10-29-19)17-13-18(14-6-7-14)26-24-21(17)22(27-31-24)15-4-2-1-3-5-15/h1-5,8-9,12-14H,6-7,10-11H2,(H,25,28). The predicted octanol–water partition coefficient (Wildman–Crippen LogP) is 4.79. The summed E-state index contributed by atoms with van der Waals surface area (Å²) < 4.78 is 16.8. The Kier molecular flexibility index (Phi) is 4.12. The number of amides is 1. The minimum absolute atomic E-state index is 0.244. The van der Waals surface area contributed by atoms with Gasteiger partial charge in [-0.25, -0.2) is 4.98 Å². The number of nitrogens with one attached hydrogen (secondary N) is 1. The van der Waals surface area contributed by atoms with E-state index in [4.69, 9.17) is 14.0 Å². The quantitative estimate of drug-likeness (QED) is 0.518. The van der Waals surface area contributed by atoms with Gasteiger partial charge in [0.25, 0.3) is 11.6 Å². The Bertz CT molecular complexity index is 1300. The highest BCUT2D eigenvalue weighted by atomic mass is 16.6. The number of aromatic nitrogens is 2. The average molecular weight is 413 g/mol. The summed E-state index contributed by atoms with van der Waals surface area (Å²) in [6.45, 7) is 1.01. The van der Waals surface area contributed by atoms with Gasteiger partial charge in [0.15, 0.2) is 11.5 Å². The van der Waals surface area contributed by atoms with Gasteiger partial charge in [-0.1, -0.05) is 35.5 Å². The summed E-state index contributed by atoms with van der Waals surface area (Å²) in [5.74, 6) is 1.43. The first-order valence-corrected chi connectivity index (χ1v) is 10.3. The Hall–Kier alpha value is -3.87. The molecule has 0 spiro atoms. The Morgan fingerprint density at radius 1 is 0.968 bits per heavy atom. The van der Waals surface area contributed by atoms with E-state index in [-0.39, 0.29) is 5.91 Å². The number of nitrogens with zero attached hydrogens (tertiary/aromatic N) is 2. The Morgan fingerprint density at radius 3 is 2.58 bits per heavy atom. The number of anilines is 1. The highest BCUT2D eigenvalue weighted by Crippen LogP contribution is 2.41. The molecule has 154 valence electrons.